The first-order valence-corrected chi connectivity index (χ1v) is 10.8. The third-order valence-electron chi connectivity index (χ3n) is 5.68. The van der Waals surface area contributed by atoms with Crippen LogP contribution in [0.1, 0.15) is 52.5 Å². The van der Waals surface area contributed by atoms with E-state index in [1.165, 1.54) is 12.1 Å². The lowest BCUT2D eigenvalue weighted by atomic mass is 9.82. The number of halogens is 1. The Bertz CT molecular complexity index is 1170. The normalized spacial score (nSPS) is 17.8. The number of carbonyl (C=O) groups is 2. The van der Waals surface area contributed by atoms with Gasteiger partial charge in [0.1, 0.15) is 17.7 Å². The van der Waals surface area contributed by atoms with Gasteiger partial charge in [0.25, 0.3) is 5.91 Å². The van der Waals surface area contributed by atoms with Gasteiger partial charge in [-0.3, -0.25) is 9.59 Å². The average Bonchev–Trinajstić information content (AvgIpc) is 3.03. The first kappa shape index (κ1) is 21.7. The van der Waals surface area contributed by atoms with Gasteiger partial charge in [0, 0.05) is 23.6 Å². The SMILES string of the molecule is Cc1cccc(C(=O)N[C@H]2C(=O)Nc3c(c(C)nn3CC(C)C)[C@@H]2c2ccc(F)cc2)c1. The van der Waals surface area contributed by atoms with Crippen molar-refractivity contribution in [2.45, 2.75) is 46.2 Å². The van der Waals surface area contributed by atoms with Crippen LogP contribution in [0.3, 0.4) is 0 Å². The molecule has 0 bridgehead atoms. The van der Waals surface area contributed by atoms with Crippen LogP contribution >= 0.6 is 0 Å². The van der Waals surface area contributed by atoms with Crippen molar-refractivity contribution in [1.82, 2.24) is 15.1 Å². The topological polar surface area (TPSA) is 76.0 Å². The Labute approximate surface area is 186 Å². The molecule has 32 heavy (non-hydrogen) atoms. The lowest BCUT2D eigenvalue weighted by Crippen LogP contribution is -2.50. The molecular formula is C25H27FN4O2. The minimum Gasteiger partial charge on any atom is -0.339 e. The molecule has 2 N–H and O–H groups in total. The fourth-order valence-electron chi connectivity index (χ4n) is 4.28. The maximum Gasteiger partial charge on any atom is 0.251 e. The molecule has 7 heteroatoms. The first-order valence-electron chi connectivity index (χ1n) is 10.8. The van der Waals surface area contributed by atoms with Crippen molar-refractivity contribution in [2.75, 3.05) is 5.32 Å². The third kappa shape index (κ3) is 4.15. The molecule has 1 aromatic heterocycles. The van der Waals surface area contributed by atoms with Crippen molar-refractivity contribution in [3.05, 3.63) is 82.3 Å². The van der Waals surface area contributed by atoms with E-state index in [1.807, 2.05) is 24.6 Å². The summed E-state index contributed by atoms with van der Waals surface area (Å²) >= 11 is 0. The van der Waals surface area contributed by atoms with E-state index >= 15 is 0 Å². The minimum absolute atomic E-state index is 0.322. The third-order valence-corrected chi connectivity index (χ3v) is 5.68. The van der Waals surface area contributed by atoms with Crippen LogP contribution in [0.15, 0.2) is 48.5 Å². The van der Waals surface area contributed by atoms with Gasteiger partial charge in [-0.25, -0.2) is 9.07 Å². The Kier molecular flexibility index (Phi) is 5.82. The molecule has 4 rings (SSSR count). The van der Waals surface area contributed by atoms with Gasteiger partial charge in [0.05, 0.1) is 5.69 Å². The van der Waals surface area contributed by atoms with Crippen molar-refractivity contribution < 1.29 is 14.0 Å². The maximum absolute atomic E-state index is 13.7. The Morgan fingerprint density at radius 2 is 1.91 bits per heavy atom. The van der Waals surface area contributed by atoms with E-state index in [2.05, 4.69) is 29.6 Å². The predicted octanol–water partition coefficient (Wildman–Crippen LogP) is 4.18. The lowest BCUT2D eigenvalue weighted by molar-refractivity contribution is -0.118. The van der Waals surface area contributed by atoms with Gasteiger partial charge in [0.2, 0.25) is 5.91 Å². The summed E-state index contributed by atoms with van der Waals surface area (Å²) in [6.07, 6.45) is 0. The number of carbonyl (C=O) groups excluding carboxylic acids is 2. The maximum atomic E-state index is 13.7. The molecule has 0 aliphatic carbocycles. The Morgan fingerprint density at radius 3 is 2.56 bits per heavy atom. The summed E-state index contributed by atoms with van der Waals surface area (Å²) < 4.78 is 15.5. The van der Waals surface area contributed by atoms with Crippen LogP contribution in [-0.2, 0) is 11.3 Å². The molecule has 0 radical (unpaired) electrons. The van der Waals surface area contributed by atoms with Crippen molar-refractivity contribution in [1.29, 1.82) is 0 Å². The van der Waals surface area contributed by atoms with Crippen molar-refractivity contribution in [2.24, 2.45) is 5.92 Å². The number of hydrogen-bond donors (Lipinski definition) is 2. The number of fused-ring (bicyclic) bond motifs is 1. The number of aromatic nitrogens is 2. The molecule has 0 spiro atoms. The summed E-state index contributed by atoms with van der Waals surface area (Å²) in [6.45, 7) is 8.60. The number of anilines is 1. The molecule has 2 amide bonds. The number of nitrogens with zero attached hydrogens (tertiary/aromatic N) is 2. The van der Waals surface area contributed by atoms with E-state index in [0.717, 1.165) is 22.4 Å². The smallest absolute Gasteiger partial charge is 0.251 e. The van der Waals surface area contributed by atoms with E-state index in [0.29, 0.717) is 23.8 Å². The highest BCUT2D eigenvalue weighted by Gasteiger charge is 2.41. The molecule has 0 saturated heterocycles. The second-order valence-electron chi connectivity index (χ2n) is 8.76. The predicted molar refractivity (Wildman–Crippen MR) is 121 cm³/mol. The second-order valence-corrected chi connectivity index (χ2v) is 8.76. The Balaban J connectivity index is 1.79. The highest BCUT2D eigenvalue weighted by Crippen LogP contribution is 2.40. The molecule has 0 saturated carbocycles. The van der Waals surface area contributed by atoms with Crippen molar-refractivity contribution >= 4 is 17.6 Å². The summed E-state index contributed by atoms with van der Waals surface area (Å²) in [5.41, 5.74) is 3.78. The van der Waals surface area contributed by atoms with Crippen LogP contribution in [0.2, 0.25) is 0 Å². The van der Waals surface area contributed by atoms with Crippen LogP contribution in [-0.4, -0.2) is 27.6 Å². The molecule has 0 fully saturated rings. The average molecular weight is 435 g/mol. The van der Waals surface area contributed by atoms with E-state index < -0.39 is 12.0 Å². The Hall–Kier alpha value is -3.48. The quantitative estimate of drug-likeness (QED) is 0.633. The van der Waals surface area contributed by atoms with Crippen LogP contribution in [0.5, 0.6) is 0 Å². The molecule has 2 atom stereocenters. The van der Waals surface area contributed by atoms with Crippen LogP contribution in [0.4, 0.5) is 10.2 Å². The van der Waals surface area contributed by atoms with E-state index in [9.17, 15) is 14.0 Å². The van der Waals surface area contributed by atoms with Gasteiger partial charge in [-0.05, 0) is 49.6 Å². The van der Waals surface area contributed by atoms with Gasteiger partial charge in [-0.2, -0.15) is 5.10 Å². The molecular weight excluding hydrogens is 407 g/mol. The fraction of sp³-hybridized carbons (Fsp3) is 0.320. The van der Waals surface area contributed by atoms with Crippen LogP contribution in [0, 0.1) is 25.6 Å². The van der Waals surface area contributed by atoms with E-state index in [1.54, 1.807) is 30.3 Å². The minimum atomic E-state index is -0.864. The first-order chi connectivity index (χ1) is 15.2. The van der Waals surface area contributed by atoms with E-state index in [-0.39, 0.29) is 17.6 Å². The highest BCUT2D eigenvalue weighted by atomic mass is 19.1. The zero-order valence-corrected chi connectivity index (χ0v) is 18.6. The van der Waals surface area contributed by atoms with Crippen LogP contribution < -0.4 is 10.6 Å². The standard InChI is InChI=1S/C25H27FN4O2/c1-14(2)13-30-23-20(16(4)29-30)21(17-8-10-19(26)11-9-17)22(25(32)28-23)27-24(31)18-7-5-6-15(3)12-18/h5-12,14,21-22H,13H2,1-4H3,(H,27,31)(H,28,32)/t21-,22+/m0/s1. The van der Waals surface area contributed by atoms with Crippen molar-refractivity contribution in [3.8, 4) is 0 Å². The number of benzene rings is 2. The second kappa shape index (κ2) is 8.57. The molecule has 1 aliphatic rings. The zero-order chi connectivity index (χ0) is 23.0. The fourth-order valence-corrected chi connectivity index (χ4v) is 4.28. The van der Waals surface area contributed by atoms with Crippen LogP contribution in [0.25, 0.3) is 0 Å². The Morgan fingerprint density at radius 1 is 1.19 bits per heavy atom. The summed E-state index contributed by atoms with van der Waals surface area (Å²) in [7, 11) is 0. The summed E-state index contributed by atoms with van der Waals surface area (Å²) in [6, 6.07) is 12.4. The van der Waals surface area contributed by atoms with Gasteiger partial charge in [-0.1, -0.05) is 43.7 Å². The molecule has 3 aromatic rings. The summed E-state index contributed by atoms with van der Waals surface area (Å²) in [4.78, 5) is 26.3. The molecule has 166 valence electrons. The van der Waals surface area contributed by atoms with Gasteiger partial charge in [-0.15, -0.1) is 0 Å². The van der Waals surface area contributed by atoms with Gasteiger partial charge >= 0.3 is 0 Å². The zero-order valence-electron chi connectivity index (χ0n) is 18.6. The number of hydrogen-bond acceptors (Lipinski definition) is 3. The number of aryl methyl sites for hydroxylation is 2. The molecule has 2 heterocycles. The molecule has 6 nitrogen and oxygen atoms in total. The highest BCUT2D eigenvalue weighted by molar-refractivity contribution is 6.04. The molecule has 0 unspecified atom stereocenters. The molecule has 2 aromatic carbocycles. The molecule has 1 aliphatic heterocycles. The monoisotopic (exact) mass is 434 g/mol. The lowest BCUT2D eigenvalue weighted by Gasteiger charge is -2.33. The number of nitrogens with one attached hydrogen (secondary N) is 2. The van der Waals surface area contributed by atoms with Gasteiger partial charge < -0.3 is 10.6 Å². The number of rotatable bonds is 5. The van der Waals surface area contributed by atoms with Gasteiger partial charge in [0.15, 0.2) is 0 Å². The van der Waals surface area contributed by atoms with E-state index in [4.69, 9.17) is 0 Å². The summed E-state index contributed by atoms with van der Waals surface area (Å²) in [5, 5.41) is 10.5. The number of amides is 2. The summed E-state index contributed by atoms with van der Waals surface area (Å²) in [5.74, 6) is -0.542. The van der Waals surface area contributed by atoms with Crippen molar-refractivity contribution in [3.63, 3.8) is 0 Å². The largest absolute Gasteiger partial charge is 0.339 e.